The minimum absolute atomic E-state index is 0. The van der Waals surface area contributed by atoms with Crippen LogP contribution >= 0.6 is 23.7 Å². The molecule has 1 aromatic carbocycles. The molecule has 6 nitrogen and oxygen atoms in total. The number of hydrogen-bond acceptors (Lipinski definition) is 6. The Balaban J connectivity index is 0.00000261. The van der Waals surface area contributed by atoms with E-state index in [1.807, 2.05) is 29.6 Å². The lowest BCUT2D eigenvalue weighted by Crippen LogP contribution is -2.33. The molecule has 2 aromatic rings. The monoisotopic (exact) mass is 431 g/mol. The van der Waals surface area contributed by atoms with E-state index in [4.69, 9.17) is 9.72 Å². The fraction of sp³-hybridized carbons (Fsp3) is 0.500. The highest BCUT2D eigenvalue weighted by Gasteiger charge is 2.22. The Labute approximate surface area is 171 Å². The van der Waals surface area contributed by atoms with E-state index in [2.05, 4.69) is 10.0 Å². The van der Waals surface area contributed by atoms with E-state index in [-0.39, 0.29) is 12.4 Å². The van der Waals surface area contributed by atoms with E-state index in [9.17, 15) is 8.42 Å². The number of sulfonamides is 1. The van der Waals surface area contributed by atoms with Crippen molar-refractivity contribution in [3.8, 4) is 17.0 Å². The molecular weight excluding hydrogens is 406 g/mol. The minimum Gasteiger partial charge on any atom is -0.496 e. The number of hydrogen-bond donors (Lipinski definition) is 2. The standard InChI is InChI=1S/C18H25N3O3S2.ClH/c1-24-17-6-4-3-5-15(17)16-12-25-18(21-16)20-14-9-7-13(8-10-14)11-19-26(2,22)23;/h3-6,12-14,19H,7-11H2,1-2H3,(H,20,21);1H. The summed E-state index contributed by atoms with van der Waals surface area (Å²) in [5.74, 6) is 1.24. The molecule has 3 rings (SSSR count). The van der Waals surface area contributed by atoms with Gasteiger partial charge in [0.05, 0.1) is 19.1 Å². The average Bonchev–Trinajstić information content (AvgIpc) is 3.09. The van der Waals surface area contributed by atoms with E-state index in [1.165, 1.54) is 6.26 Å². The molecule has 0 saturated heterocycles. The third-order valence-electron chi connectivity index (χ3n) is 4.70. The smallest absolute Gasteiger partial charge is 0.208 e. The first kappa shape index (κ1) is 21.9. The summed E-state index contributed by atoms with van der Waals surface area (Å²) in [6.07, 6.45) is 5.30. The zero-order valence-electron chi connectivity index (χ0n) is 15.5. The molecule has 1 saturated carbocycles. The van der Waals surface area contributed by atoms with Gasteiger partial charge in [0.15, 0.2) is 5.13 Å². The summed E-state index contributed by atoms with van der Waals surface area (Å²) in [5, 5.41) is 6.49. The zero-order chi connectivity index (χ0) is 18.6. The molecule has 1 aromatic heterocycles. The largest absolute Gasteiger partial charge is 0.496 e. The van der Waals surface area contributed by atoms with Gasteiger partial charge in [-0.05, 0) is 43.7 Å². The van der Waals surface area contributed by atoms with Crippen LogP contribution in [-0.4, -0.2) is 39.4 Å². The number of aromatic nitrogens is 1. The molecule has 0 amide bonds. The average molecular weight is 432 g/mol. The summed E-state index contributed by atoms with van der Waals surface area (Å²) >= 11 is 1.60. The first-order valence-electron chi connectivity index (χ1n) is 8.74. The van der Waals surface area contributed by atoms with Gasteiger partial charge >= 0.3 is 0 Å². The first-order chi connectivity index (χ1) is 12.4. The Hall–Kier alpha value is -1.35. The molecule has 0 radical (unpaired) electrons. The molecule has 1 heterocycles. The van der Waals surface area contributed by atoms with E-state index in [1.54, 1.807) is 18.4 Å². The summed E-state index contributed by atoms with van der Waals surface area (Å²) in [6, 6.07) is 8.27. The number of nitrogens with one attached hydrogen (secondary N) is 2. The van der Waals surface area contributed by atoms with Crippen molar-refractivity contribution in [2.24, 2.45) is 5.92 Å². The maximum Gasteiger partial charge on any atom is 0.208 e. The van der Waals surface area contributed by atoms with Crippen LogP contribution in [0.4, 0.5) is 5.13 Å². The van der Waals surface area contributed by atoms with E-state index in [0.29, 0.717) is 18.5 Å². The Morgan fingerprint density at radius 1 is 1.22 bits per heavy atom. The SMILES string of the molecule is COc1ccccc1-c1csc(NC2CCC(CNS(C)(=O)=O)CC2)n1.Cl. The number of nitrogens with zero attached hydrogens (tertiary/aromatic N) is 1. The van der Waals surface area contributed by atoms with Crippen molar-refractivity contribution in [3.05, 3.63) is 29.6 Å². The second kappa shape index (κ2) is 9.73. The fourth-order valence-corrected chi connectivity index (χ4v) is 4.60. The maximum absolute atomic E-state index is 11.2. The van der Waals surface area contributed by atoms with Gasteiger partial charge in [-0.25, -0.2) is 18.1 Å². The van der Waals surface area contributed by atoms with Gasteiger partial charge in [0.1, 0.15) is 5.75 Å². The predicted molar refractivity (Wildman–Crippen MR) is 114 cm³/mol. The van der Waals surface area contributed by atoms with Crippen molar-refractivity contribution in [1.29, 1.82) is 0 Å². The van der Waals surface area contributed by atoms with Gasteiger partial charge in [-0.3, -0.25) is 0 Å². The number of thiazole rings is 1. The van der Waals surface area contributed by atoms with Gasteiger partial charge in [-0.15, -0.1) is 23.7 Å². The summed E-state index contributed by atoms with van der Waals surface area (Å²) in [4.78, 5) is 4.71. The van der Waals surface area contributed by atoms with Gasteiger partial charge in [0.25, 0.3) is 0 Å². The summed E-state index contributed by atoms with van der Waals surface area (Å²) in [7, 11) is -1.43. The molecular formula is C18H26ClN3O3S2. The molecule has 1 aliphatic carbocycles. The molecule has 0 bridgehead atoms. The van der Waals surface area contributed by atoms with Crippen LogP contribution in [0.15, 0.2) is 29.6 Å². The van der Waals surface area contributed by atoms with Gasteiger partial charge in [0.2, 0.25) is 10.0 Å². The molecule has 0 spiro atoms. The second-order valence-corrected chi connectivity index (χ2v) is 9.41. The minimum atomic E-state index is -3.10. The molecule has 0 aliphatic heterocycles. The van der Waals surface area contributed by atoms with Crippen molar-refractivity contribution in [2.45, 2.75) is 31.7 Å². The normalized spacial score (nSPS) is 19.9. The Bertz CT molecular complexity index is 834. The van der Waals surface area contributed by atoms with Crippen molar-refractivity contribution in [2.75, 3.05) is 25.2 Å². The van der Waals surface area contributed by atoms with E-state index >= 15 is 0 Å². The van der Waals surface area contributed by atoms with Crippen LogP contribution in [0.5, 0.6) is 5.75 Å². The summed E-state index contributed by atoms with van der Waals surface area (Å²) < 4.78 is 30.4. The van der Waals surface area contributed by atoms with Crippen LogP contribution in [0.2, 0.25) is 0 Å². The molecule has 2 N–H and O–H groups in total. The molecule has 0 atom stereocenters. The number of halogens is 1. The third-order valence-corrected chi connectivity index (χ3v) is 6.16. The third kappa shape index (κ3) is 6.34. The lowest BCUT2D eigenvalue weighted by atomic mass is 9.86. The number of methoxy groups -OCH3 is 1. The first-order valence-corrected chi connectivity index (χ1v) is 11.5. The van der Waals surface area contributed by atoms with Gasteiger partial charge in [-0.1, -0.05) is 12.1 Å². The lowest BCUT2D eigenvalue weighted by molar-refractivity contribution is 0.337. The van der Waals surface area contributed by atoms with Crippen molar-refractivity contribution >= 4 is 38.9 Å². The van der Waals surface area contributed by atoms with E-state index in [0.717, 1.165) is 47.8 Å². The Kier molecular flexibility index (Phi) is 7.91. The molecule has 27 heavy (non-hydrogen) atoms. The van der Waals surface area contributed by atoms with Crippen molar-refractivity contribution < 1.29 is 13.2 Å². The van der Waals surface area contributed by atoms with Crippen LogP contribution in [0.1, 0.15) is 25.7 Å². The lowest BCUT2D eigenvalue weighted by Gasteiger charge is -2.28. The highest BCUT2D eigenvalue weighted by molar-refractivity contribution is 7.88. The number of rotatable bonds is 7. The quantitative estimate of drug-likeness (QED) is 0.697. The van der Waals surface area contributed by atoms with Crippen LogP contribution in [-0.2, 0) is 10.0 Å². The molecule has 0 unspecified atom stereocenters. The fourth-order valence-electron chi connectivity index (χ4n) is 3.27. The van der Waals surface area contributed by atoms with Crippen LogP contribution < -0.4 is 14.8 Å². The topological polar surface area (TPSA) is 80.3 Å². The number of benzene rings is 1. The van der Waals surface area contributed by atoms with Gasteiger partial charge in [0, 0.05) is 23.5 Å². The van der Waals surface area contributed by atoms with Gasteiger partial charge < -0.3 is 10.1 Å². The summed E-state index contributed by atoms with van der Waals surface area (Å²) in [5.41, 5.74) is 1.91. The van der Waals surface area contributed by atoms with Crippen molar-refractivity contribution in [1.82, 2.24) is 9.71 Å². The molecule has 1 fully saturated rings. The maximum atomic E-state index is 11.2. The van der Waals surface area contributed by atoms with Crippen LogP contribution in [0.25, 0.3) is 11.3 Å². The molecule has 9 heteroatoms. The summed E-state index contributed by atoms with van der Waals surface area (Å²) in [6.45, 7) is 0.542. The van der Waals surface area contributed by atoms with Gasteiger partial charge in [-0.2, -0.15) is 0 Å². The number of anilines is 1. The van der Waals surface area contributed by atoms with Crippen LogP contribution in [0, 0.1) is 5.92 Å². The highest BCUT2D eigenvalue weighted by atomic mass is 35.5. The van der Waals surface area contributed by atoms with Crippen LogP contribution in [0.3, 0.4) is 0 Å². The second-order valence-electron chi connectivity index (χ2n) is 6.72. The predicted octanol–water partition coefficient (Wildman–Crippen LogP) is 3.76. The van der Waals surface area contributed by atoms with E-state index < -0.39 is 10.0 Å². The Morgan fingerprint density at radius 2 is 1.93 bits per heavy atom. The number of para-hydroxylation sites is 1. The highest BCUT2D eigenvalue weighted by Crippen LogP contribution is 2.33. The zero-order valence-corrected chi connectivity index (χ0v) is 17.9. The number of ether oxygens (including phenoxy) is 1. The molecule has 150 valence electrons. The molecule has 1 aliphatic rings. The van der Waals surface area contributed by atoms with Crippen molar-refractivity contribution in [3.63, 3.8) is 0 Å². The Morgan fingerprint density at radius 3 is 2.59 bits per heavy atom.